The number of benzene rings is 1. The van der Waals surface area contributed by atoms with Crippen molar-refractivity contribution in [2.24, 2.45) is 0 Å². The maximum Gasteiger partial charge on any atom is 0.342 e. The van der Waals surface area contributed by atoms with E-state index in [9.17, 15) is 10.1 Å². The summed E-state index contributed by atoms with van der Waals surface area (Å²) in [6, 6.07) is 11.2. The highest BCUT2D eigenvalue weighted by Gasteiger charge is 2.19. The first kappa shape index (κ1) is 20.4. The molecule has 0 bridgehead atoms. The van der Waals surface area contributed by atoms with Crippen LogP contribution in [0.15, 0.2) is 55.0 Å². The van der Waals surface area contributed by atoms with Crippen molar-refractivity contribution in [2.75, 3.05) is 7.11 Å². The lowest BCUT2D eigenvalue weighted by Gasteiger charge is -2.08. The van der Waals surface area contributed by atoms with E-state index in [1.807, 2.05) is 41.0 Å². The van der Waals surface area contributed by atoms with Gasteiger partial charge in [-0.3, -0.25) is 9.55 Å². The molecule has 0 atom stereocenters. The van der Waals surface area contributed by atoms with Crippen LogP contribution in [0.4, 0.5) is 5.82 Å². The first-order valence-electron chi connectivity index (χ1n) is 9.41. The van der Waals surface area contributed by atoms with Crippen molar-refractivity contribution in [3.63, 3.8) is 0 Å². The monoisotopic (exact) mass is 437 g/mol. The minimum atomic E-state index is -0.447. The van der Waals surface area contributed by atoms with E-state index in [0.717, 1.165) is 17.0 Å². The Balaban J connectivity index is 1.76. The van der Waals surface area contributed by atoms with Gasteiger partial charge in [0.1, 0.15) is 18.5 Å². The number of ether oxygens (including phenoxy) is 1. The van der Waals surface area contributed by atoms with Gasteiger partial charge in [-0.05, 0) is 53.5 Å². The number of pyridine rings is 1. The summed E-state index contributed by atoms with van der Waals surface area (Å²) in [5.74, 6) is 1.88. The fourth-order valence-corrected chi connectivity index (χ4v) is 3.60. The molecule has 10 nitrogen and oxygen atoms in total. The predicted octanol–water partition coefficient (Wildman–Crippen LogP) is 3.59. The summed E-state index contributed by atoms with van der Waals surface area (Å²) in [6.07, 6.45) is 4.63. The number of hydrogen-bond acceptors (Lipinski definition) is 7. The Morgan fingerprint density at radius 1 is 1.13 bits per heavy atom. The molecule has 1 aromatic carbocycles. The van der Waals surface area contributed by atoms with Gasteiger partial charge in [-0.15, -0.1) is 0 Å². The average molecular weight is 437 g/mol. The minimum Gasteiger partial charge on any atom is -0.497 e. The molecular weight excluding hydrogens is 418 g/mol. The van der Waals surface area contributed by atoms with Crippen molar-refractivity contribution >= 4 is 18.0 Å². The summed E-state index contributed by atoms with van der Waals surface area (Å²) < 4.78 is 10.8. The van der Waals surface area contributed by atoms with E-state index in [2.05, 4.69) is 9.97 Å². The number of imidazole rings is 1. The van der Waals surface area contributed by atoms with Crippen molar-refractivity contribution in [1.29, 1.82) is 0 Å². The average Bonchev–Trinajstić information content (AvgIpc) is 3.32. The number of nitro groups is 1. The molecule has 0 amide bonds. The molecule has 3 heterocycles. The van der Waals surface area contributed by atoms with Gasteiger partial charge in [0, 0.05) is 24.9 Å². The van der Waals surface area contributed by atoms with Gasteiger partial charge >= 0.3 is 5.82 Å². The number of nitrogens with zero attached hydrogens (tertiary/aromatic N) is 7. The molecule has 4 aromatic rings. The molecule has 0 fully saturated rings. The summed E-state index contributed by atoms with van der Waals surface area (Å²) in [5, 5.41) is 16.0. The first-order chi connectivity index (χ1) is 15.0. The Morgan fingerprint density at radius 3 is 2.48 bits per heavy atom. The molecular formula is C20H19N7O3S. The van der Waals surface area contributed by atoms with E-state index in [-0.39, 0.29) is 5.82 Å². The zero-order valence-electron chi connectivity index (χ0n) is 16.9. The van der Waals surface area contributed by atoms with E-state index in [1.165, 1.54) is 6.20 Å². The van der Waals surface area contributed by atoms with Crippen LogP contribution in [0.5, 0.6) is 5.75 Å². The zero-order valence-corrected chi connectivity index (χ0v) is 17.7. The molecule has 0 aliphatic heterocycles. The highest BCUT2D eigenvalue weighted by atomic mass is 32.1. The molecule has 0 N–H and O–H groups in total. The summed E-state index contributed by atoms with van der Waals surface area (Å²) in [5.41, 5.74) is 1.68. The molecule has 0 saturated carbocycles. The van der Waals surface area contributed by atoms with Crippen LogP contribution in [-0.4, -0.2) is 40.9 Å². The standard InChI is InChI=1S/C20H19N7O3S/c1-14-22-13-18(27(28)29)24(14)11-12-25-20(31)26(16-3-5-17(30-2)6-4-16)19(23-25)15-7-9-21-10-8-15/h3-10,13H,11-12H2,1-2H3. The number of hydrogen-bond donors (Lipinski definition) is 0. The van der Waals surface area contributed by atoms with Gasteiger partial charge in [-0.1, -0.05) is 0 Å². The highest BCUT2D eigenvalue weighted by molar-refractivity contribution is 7.71. The topological polar surface area (TPSA) is 106 Å². The van der Waals surface area contributed by atoms with Gasteiger partial charge in [-0.25, -0.2) is 14.2 Å². The normalized spacial score (nSPS) is 10.9. The molecule has 3 aromatic heterocycles. The number of rotatable bonds is 7. The quantitative estimate of drug-likeness (QED) is 0.247. The van der Waals surface area contributed by atoms with E-state index in [0.29, 0.717) is 29.5 Å². The Morgan fingerprint density at radius 2 is 1.84 bits per heavy atom. The lowest BCUT2D eigenvalue weighted by molar-refractivity contribution is -0.392. The Kier molecular flexibility index (Phi) is 5.58. The second kappa shape index (κ2) is 8.48. The molecule has 0 radical (unpaired) electrons. The third kappa shape index (κ3) is 3.94. The largest absolute Gasteiger partial charge is 0.497 e. The Labute approximate surface area is 182 Å². The summed E-state index contributed by atoms with van der Waals surface area (Å²) >= 11 is 5.73. The minimum absolute atomic E-state index is 0.0621. The van der Waals surface area contributed by atoms with Crippen LogP contribution in [-0.2, 0) is 13.1 Å². The van der Waals surface area contributed by atoms with Gasteiger partial charge in [0.05, 0.1) is 19.3 Å². The molecule has 31 heavy (non-hydrogen) atoms. The van der Waals surface area contributed by atoms with Gasteiger partial charge in [0.2, 0.25) is 4.77 Å². The van der Waals surface area contributed by atoms with Gasteiger partial charge in [-0.2, -0.15) is 5.10 Å². The van der Waals surface area contributed by atoms with Crippen molar-refractivity contribution in [3.8, 4) is 22.8 Å². The van der Waals surface area contributed by atoms with Crippen LogP contribution >= 0.6 is 12.2 Å². The zero-order chi connectivity index (χ0) is 22.0. The van der Waals surface area contributed by atoms with Crippen LogP contribution in [0.1, 0.15) is 5.82 Å². The van der Waals surface area contributed by atoms with Crippen molar-refractivity contribution in [2.45, 2.75) is 20.0 Å². The third-order valence-electron chi connectivity index (χ3n) is 4.86. The molecule has 0 spiro atoms. The Bertz CT molecular complexity index is 1280. The van der Waals surface area contributed by atoms with E-state index < -0.39 is 4.92 Å². The smallest absolute Gasteiger partial charge is 0.342 e. The van der Waals surface area contributed by atoms with Crippen LogP contribution in [0.25, 0.3) is 17.1 Å². The molecule has 4 rings (SSSR count). The molecule has 11 heteroatoms. The molecule has 158 valence electrons. The number of aromatic nitrogens is 6. The van der Waals surface area contributed by atoms with Crippen molar-refractivity contribution in [1.82, 2.24) is 28.9 Å². The maximum absolute atomic E-state index is 11.3. The van der Waals surface area contributed by atoms with Crippen LogP contribution in [0.2, 0.25) is 0 Å². The highest BCUT2D eigenvalue weighted by Crippen LogP contribution is 2.24. The Hall–Kier alpha value is -3.86. The lowest BCUT2D eigenvalue weighted by atomic mass is 10.2. The molecule has 0 saturated heterocycles. The fraction of sp³-hybridized carbons (Fsp3) is 0.200. The second-order valence-corrected chi connectivity index (χ2v) is 7.04. The van der Waals surface area contributed by atoms with Crippen LogP contribution < -0.4 is 4.74 Å². The molecule has 0 aliphatic carbocycles. The van der Waals surface area contributed by atoms with Crippen molar-refractivity contribution in [3.05, 3.63) is 75.7 Å². The number of aryl methyl sites for hydroxylation is 2. The summed E-state index contributed by atoms with van der Waals surface area (Å²) in [6.45, 7) is 2.38. The van der Waals surface area contributed by atoms with Crippen LogP contribution in [0.3, 0.4) is 0 Å². The third-order valence-corrected chi connectivity index (χ3v) is 5.26. The van der Waals surface area contributed by atoms with Crippen molar-refractivity contribution < 1.29 is 9.66 Å². The van der Waals surface area contributed by atoms with E-state index in [4.69, 9.17) is 22.1 Å². The van der Waals surface area contributed by atoms with Crippen LogP contribution in [0, 0.1) is 21.8 Å². The molecule has 0 aliphatic rings. The second-order valence-electron chi connectivity index (χ2n) is 6.67. The van der Waals surface area contributed by atoms with Gasteiger partial charge in [0.25, 0.3) is 0 Å². The van der Waals surface area contributed by atoms with Gasteiger partial charge in [0.15, 0.2) is 11.6 Å². The molecule has 0 unspecified atom stereocenters. The number of methoxy groups -OCH3 is 1. The lowest BCUT2D eigenvalue weighted by Crippen LogP contribution is -2.12. The van der Waals surface area contributed by atoms with E-state index >= 15 is 0 Å². The predicted molar refractivity (Wildman–Crippen MR) is 116 cm³/mol. The summed E-state index contributed by atoms with van der Waals surface area (Å²) in [4.78, 5) is 18.9. The van der Waals surface area contributed by atoms with Gasteiger partial charge < -0.3 is 14.9 Å². The maximum atomic E-state index is 11.3. The SMILES string of the molecule is COc1ccc(-n2c(-c3ccncc3)nn(CCn3c([N+](=O)[O-])cnc3C)c2=S)cc1. The summed E-state index contributed by atoms with van der Waals surface area (Å²) in [7, 11) is 1.61. The first-order valence-corrected chi connectivity index (χ1v) is 9.81. The fourth-order valence-electron chi connectivity index (χ4n) is 3.28. The van der Waals surface area contributed by atoms with E-state index in [1.54, 1.807) is 35.7 Å².